The molecule has 2 saturated heterocycles. The van der Waals surface area contributed by atoms with Gasteiger partial charge in [0.2, 0.25) is 0 Å². The maximum atomic E-state index is 14.5. The fourth-order valence-corrected chi connectivity index (χ4v) is 8.57. The lowest BCUT2D eigenvalue weighted by Crippen LogP contribution is -2.46. The summed E-state index contributed by atoms with van der Waals surface area (Å²) in [5.41, 5.74) is 2.31. The zero-order valence-electron chi connectivity index (χ0n) is 30.9. The van der Waals surface area contributed by atoms with Gasteiger partial charge in [0, 0.05) is 25.0 Å². The molecular formula is C42H52FN5O4. The highest BCUT2D eigenvalue weighted by atomic mass is 19.1. The average Bonchev–Trinajstić information content (AvgIpc) is 3.13. The molecule has 0 atom stereocenters. The Bertz CT molecular complexity index is 1990. The van der Waals surface area contributed by atoms with Crippen molar-refractivity contribution in [3.63, 3.8) is 0 Å². The van der Waals surface area contributed by atoms with Gasteiger partial charge in [-0.15, -0.1) is 0 Å². The monoisotopic (exact) mass is 709 g/mol. The second-order valence-corrected chi connectivity index (χ2v) is 16.1. The number of hydrogen-bond acceptors (Lipinski definition) is 7. The molecule has 1 saturated carbocycles. The molecule has 2 aromatic heterocycles. The van der Waals surface area contributed by atoms with E-state index in [4.69, 9.17) is 4.74 Å². The highest BCUT2D eigenvalue weighted by Crippen LogP contribution is 2.34. The predicted molar refractivity (Wildman–Crippen MR) is 202 cm³/mol. The van der Waals surface area contributed by atoms with Gasteiger partial charge in [-0.1, -0.05) is 42.8 Å². The van der Waals surface area contributed by atoms with Crippen molar-refractivity contribution in [1.29, 1.82) is 0 Å². The molecule has 0 unspecified atom stereocenters. The Morgan fingerprint density at radius 1 is 0.846 bits per heavy atom. The molecule has 4 heterocycles. The number of ether oxygens (including phenoxy) is 1. The summed E-state index contributed by atoms with van der Waals surface area (Å²) in [6, 6.07) is 17.8. The van der Waals surface area contributed by atoms with Crippen LogP contribution in [-0.4, -0.2) is 67.7 Å². The lowest BCUT2D eigenvalue weighted by Gasteiger charge is -2.40. The minimum atomic E-state index is -0.636. The van der Waals surface area contributed by atoms with Gasteiger partial charge in [0.1, 0.15) is 11.4 Å². The molecule has 4 aromatic rings. The zero-order chi connectivity index (χ0) is 36.4. The van der Waals surface area contributed by atoms with Gasteiger partial charge in [0.25, 0.3) is 5.56 Å². The summed E-state index contributed by atoms with van der Waals surface area (Å²) in [5, 5.41) is 0.0604. The third kappa shape index (κ3) is 8.23. The van der Waals surface area contributed by atoms with E-state index in [1.807, 2.05) is 45.0 Å². The molecule has 7 rings (SSSR count). The van der Waals surface area contributed by atoms with Crippen molar-refractivity contribution in [1.82, 2.24) is 23.9 Å². The number of aromatic nitrogens is 3. The summed E-state index contributed by atoms with van der Waals surface area (Å²) in [5.74, 6) is -0.758. The Morgan fingerprint density at radius 2 is 1.56 bits per heavy atom. The molecule has 0 bridgehead atoms. The number of likely N-dealkylation sites (tertiary alicyclic amines) is 2. The summed E-state index contributed by atoms with van der Waals surface area (Å²) >= 11 is 0. The Hall–Kier alpha value is -4.15. The quantitative estimate of drug-likeness (QED) is 0.178. The first-order chi connectivity index (χ1) is 25.0. The van der Waals surface area contributed by atoms with E-state index in [1.54, 1.807) is 0 Å². The third-order valence-corrected chi connectivity index (χ3v) is 11.2. The molecule has 0 N–H and O–H groups in total. The van der Waals surface area contributed by atoms with Crippen molar-refractivity contribution >= 4 is 17.0 Å². The highest BCUT2D eigenvalue weighted by molar-refractivity contribution is 5.76. The van der Waals surface area contributed by atoms with Crippen molar-refractivity contribution in [3.05, 3.63) is 93.0 Å². The van der Waals surface area contributed by atoms with E-state index in [9.17, 15) is 18.8 Å². The van der Waals surface area contributed by atoms with Crippen LogP contribution in [0.15, 0.2) is 70.4 Å². The molecule has 10 heteroatoms. The lowest BCUT2D eigenvalue weighted by molar-refractivity contribution is -0.156. The molecule has 2 aromatic carbocycles. The number of esters is 1. The smallest absolute Gasteiger partial charge is 0.337 e. The largest absolute Gasteiger partial charge is 0.460 e. The number of pyridine rings is 1. The number of hydrogen-bond donors (Lipinski definition) is 0. The van der Waals surface area contributed by atoms with E-state index in [0.29, 0.717) is 37.8 Å². The van der Waals surface area contributed by atoms with Crippen LogP contribution in [0.3, 0.4) is 0 Å². The highest BCUT2D eigenvalue weighted by Gasteiger charge is 2.30. The fourth-order valence-electron chi connectivity index (χ4n) is 8.57. The van der Waals surface area contributed by atoms with Gasteiger partial charge >= 0.3 is 11.7 Å². The number of halogens is 1. The van der Waals surface area contributed by atoms with Crippen LogP contribution in [-0.2, 0) is 16.1 Å². The number of rotatable bonds is 8. The maximum absolute atomic E-state index is 14.5. The average molecular weight is 710 g/mol. The van der Waals surface area contributed by atoms with Crippen molar-refractivity contribution < 1.29 is 13.9 Å². The Kier molecular flexibility index (Phi) is 10.8. The Labute approximate surface area is 305 Å². The SMILES string of the molecule is CC(C)(C)OC(=O)CC1CCC(n2c(=O)c3cc(F)cnc3n(-c3cccc(-c4ccc(CN5CCC(N6CCCCC6)CC5)cc4)c3)c2=O)CC1. The molecule has 1 aliphatic carbocycles. The van der Waals surface area contributed by atoms with Crippen LogP contribution in [0.4, 0.5) is 4.39 Å². The second kappa shape index (κ2) is 15.4. The number of piperidine rings is 2. The molecule has 0 amide bonds. The van der Waals surface area contributed by atoms with Crippen LogP contribution in [0, 0.1) is 11.7 Å². The van der Waals surface area contributed by atoms with E-state index in [0.717, 1.165) is 43.0 Å². The van der Waals surface area contributed by atoms with Crippen LogP contribution in [0.1, 0.15) is 96.6 Å². The molecule has 52 heavy (non-hydrogen) atoms. The number of benzene rings is 2. The van der Waals surface area contributed by atoms with Crippen LogP contribution < -0.4 is 11.2 Å². The molecule has 2 aliphatic heterocycles. The van der Waals surface area contributed by atoms with Gasteiger partial charge < -0.3 is 9.64 Å². The number of carbonyl (C=O) groups excluding carboxylic acids is 1. The minimum Gasteiger partial charge on any atom is -0.460 e. The molecule has 9 nitrogen and oxygen atoms in total. The molecule has 276 valence electrons. The van der Waals surface area contributed by atoms with E-state index < -0.39 is 22.7 Å². The summed E-state index contributed by atoms with van der Waals surface area (Å²) < 4.78 is 22.8. The van der Waals surface area contributed by atoms with Gasteiger partial charge in [0.05, 0.1) is 17.3 Å². The van der Waals surface area contributed by atoms with Gasteiger partial charge in [-0.3, -0.25) is 19.1 Å². The lowest BCUT2D eigenvalue weighted by atomic mass is 9.84. The Morgan fingerprint density at radius 3 is 2.25 bits per heavy atom. The van der Waals surface area contributed by atoms with Gasteiger partial charge in [-0.25, -0.2) is 18.7 Å². The third-order valence-electron chi connectivity index (χ3n) is 11.2. The predicted octanol–water partition coefficient (Wildman–Crippen LogP) is 7.27. The topological polar surface area (TPSA) is 89.7 Å². The van der Waals surface area contributed by atoms with Crippen molar-refractivity contribution in [2.75, 3.05) is 26.2 Å². The van der Waals surface area contributed by atoms with E-state index >= 15 is 0 Å². The first-order valence-electron chi connectivity index (χ1n) is 19.2. The van der Waals surface area contributed by atoms with E-state index in [1.165, 1.54) is 66.0 Å². The summed E-state index contributed by atoms with van der Waals surface area (Å²) in [7, 11) is 0. The number of carbonyl (C=O) groups is 1. The van der Waals surface area contributed by atoms with E-state index in [-0.39, 0.29) is 29.0 Å². The normalized spacial score (nSPS) is 21.0. The number of fused-ring (bicyclic) bond motifs is 1. The summed E-state index contributed by atoms with van der Waals surface area (Å²) in [4.78, 5) is 50.1. The van der Waals surface area contributed by atoms with Crippen molar-refractivity contribution in [2.24, 2.45) is 5.92 Å². The van der Waals surface area contributed by atoms with Gasteiger partial charge in [-0.05, 0) is 139 Å². The van der Waals surface area contributed by atoms with Crippen molar-refractivity contribution in [2.45, 2.75) is 109 Å². The fraction of sp³-hybridized carbons (Fsp3) is 0.524. The first-order valence-corrected chi connectivity index (χ1v) is 19.2. The molecule has 3 aliphatic rings. The van der Waals surface area contributed by atoms with E-state index in [2.05, 4.69) is 39.0 Å². The molecule has 0 spiro atoms. The number of nitrogens with zero attached hydrogens (tertiary/aromatic N) is 5. The van der Waals surface area contributed by atoms with Gasteiger partial charge in [0.15, 0.2) is 5.65 Å². The van der Waals surface area contributed by atoms with Crippen LogP contribution >= 0.6 is 0 Å². The molecular weight excluding hydrogens is 657 g/mol. The van der Waals surface area contributed by atoms with Crippen LogP contribution in [0.25, 0.3) is 27.8 Å². The maximum Gasteiger partial charge on any atom is 0.337 e. The second-order valence-electron chi connectivity index (χ2n) is 16.1. The zero-order valence-corrected chi connectivity index (χ0v) is 30.9. The Balaban J connectivity index is 1.09. The van der Waals surface area contributed by atoms with Gasteiger partial charge in [-0.2, -0.15) is 0 Å². The summed E-state index contributed by atoms with van der Waals surface area (Å²) in [6.45, 7) is 11.3. The van der Waals surface area contributed by atoms with Crippen molar-refractivity contribution in [3.8, 4) is 16.8 Å². The standard InChI is InChI=1S/C42H52FN5O4/c1-42(2,3)52-38(49)24-29-12-16-35(17-13-29)48-40(50)37-26-33(43)27-44-39(37)47(41(48)51)36-9-7-8-32(25-36)31-14-10-30(11-15-31)28-45-22-18-34(19-23-45)46-20-5-4-6-21-46/h7-11,14-15,25-27,29,34-35H,4-6,12-13,16-24,28H2,1-3H3. The molecule has 0 radical (unpaired) electrons. The summed E-state index contributed by atoms with van der Waals surface area (Å²) in [6.07, 6.45) is 10.4. The minimum absolute atomic E-state index is 0.0604. The van der Waals surface area contributed by atoms with Crippen LogP contribution in [0.5, 0.6) is 0 Å². The molecule has 3 fully saturated rings. The first kappa shape index (κ1) is 36.2. The van der Waals surface area contributed by atoms with Crippen LogP contribution in [0.2, 0.25) is 0 Å².